The maximum Gasteiger partial charge on any atom is 0.270 e. The second-order valence-electron chi connectivity index (χ2n) is 5.35. The van der Waals surface area contributed by atoms with Gasteiger partial charge >= 0.3 is 0 Å². The molecule has 1 aromatic heterocycles. The molecule has 1 heterocycles. The average Bonchev–Trinajstić information content (AvgIpc) is 2.64. The molecule has 0 aliphatic rings. The molecular weight excluding hydrogens is 378 g/mol. The van der Waals surface area contributed by atoms with E-state index in [2.05, 4.69) is 20.6 Å². The van der Waals surface area contributed by atoms with Gasteiger partial charge in [-0.1, -0.05) is 35.3 Å². The van der Waals surface area contributed by atoms with Gasteiger partial charge < -0.3 is 10.6 Å². The van der Waals surface area contributed by atoms with E-state index in [0.29, 0.717) is 21.6 Å². The summed E-state index contributed by atoms with van der Waals surface area (Å²) < 4.78 is 12.9. The third kappa shape index (κ3) is 4.68. The maximum absolute atomic E-state index is 12.9. The number of hydrogen-bond acceptors (Lipinski definition) is 4. The van der Waals surface area contributed by atoms with Crippen LogP contribution in [0.15, 0.2) is 54.9 Å². The highest BCUT2D eigenvalue weighted by atomic mass is 35.5. The second-order valence-corrected chi connectivity index (χ2v) is 6.17. The molecule has 0 saturated heterocycles. The minimum absolute atomic E-state index is 0.199. The van der Waals surface area contributed by atoms with Crippen LogP contribution in [0.4, 0.5) is 15.9 Å². The van der Waals surface area contributed by atoms with E-state index in [4.69, 9.17) is 23.2 Å². The molecule has 5 nitrogen and oxygen atoms in total. The first-order chi connectivity index (χ1) is 12.5. The van der Waals surface area contributed by atoms with Crippen LogP contribution in [0.5, 0.6) is 0 Å². The van der Waals surface area contributed by atoms with Crippen molar-refractivity contribution in [1.29, 1.82) is 0 Å². The molecule has 0 radical (unpaired) electrons. The van der Waals surface area contributed by atoms with Gasteiger partial charge in [0.05, 0.1) is 10.0 Å². The molecule has 2 N–H and O–H groups in total. The first kappa shape index (κ1) is 18.1. The SMILES string of the molecule is O=C(NCc1ccc(F)cc1)c1cc(Nc2ccc(Cl)c(Cl)c2)ncn1. The number of hydrogen-bond donors (Lipinski definition) is 2. The van der Waals surface area contributed by atoms with Gasteiger partial charge in [-0.15, -0.1) is 0 Å². The first-order valence-electron chi connectivity index (χ1n) is 7.58. The van der Waals surface area contributed by atoms with E-state index >= 15 is 0 Å². The van der Waals surface area contributed by atoms with Gasteiger partial charge in [-0.25, -0.2) is 14.4 Å². The van der Waals surface area contributed by atoms with Gasteiger partial charge in [0, 0.05) is 18.3 Å². The van der Waals surface area contributed by atoms with Gasteiger partial charge in [0.25, 0.3) is 5.91 Å². The normalized spacial score (nSPS) is 10.4. The summed E-state index contributed by atoms with van der Waals surface area (Å²) in [5.74, 6) is -0.256. The highest BCUT2D eigenvalue weighted by Crippen LogP contribution is 2.26. The summed E-state index contributed by atoms with van der Waals surface area (Å²) in [5.41, 5.74) is 1.66. The molecule has 0 atom stereocenters. The van der Waals surface area contributed by atoms with Gasteiger partial charge in [0.15, 0.2) is 0 Å². The monoisotopic (exact) mass is 390 g/mol. The van der Waals surface area contributed by atoms with Gasteiger partial charge in [0.2, 0.25) is 0 Å². The Morgan fingerprint density at radius 3 is 2.50 bits per heavy atom. The fourth-order valence-electron chi connectivity index (χ4n) is 2.15. The van der Waals surface area contributed by atoms with Crippen molar-refractivity contribution in [2.24, 2.45) is 0 Å². The van der Waals surface area contributed by atoms with Crippen LogP contribution in [0.2, 0.25) is 10.0 Å². The lowest BCUT2D eigenvalue weighted by atomic mass is 10.2. The summed E-state index contributed by atoms with van der Waals surface area (Å²) in [6.45, 7) is 0.263. The zero-order valence-electron chi connectivity index (χ0n) is 13.3. The van der Waals surface area contributed by atoms with Crippen molar-refractivity contribution in [2.75, 3.05) is 5.32 Å². The van der Waals surface area contributed by atoms with Gasteiger partial charge in [-0.3, -0.25) is 4.79 Å². The predicted molar refractivity (Wildman–Crippen MR) is 99.3 cm³/mol. The Balaban J connectivity index is 1.66. The largest absolute Gasteiger partial charge is 0.347 e. The van der Waals surface area contributed by atoms with Crippen LogP contribution < -0.4 is 10.6 Å². The van der Waals surface area contributed by atoms with Crippen molar-refractivity contribution in [3.63, 3.8) is 0 Å². The number of aromatic nitrogens is 2. The Morgan fingerprint density at radius 2 is 1.77 bits per heavy atom. The van der Waals surface area contributed by atoms with Crippen molar-refractivity contribution in [3.8, 4) is 0 Å². The molecule has 0 saturated carbocycles. The molecule has 1 amide bonds. The Kier molecular flexibility index (Phi) is 5.65. The van der Waals surface area contributed by atoms with E-state index in [9.17, 15) is 9.18 Å². The van der Waals surface area contributed by atoms with Crippen LogP contribution in [0, 0.1) is 5.82 Å². The molecule has 0 spiro atoms. The Morgan fingerprint density at radius 1 is 1.00 bits per heavy atom. The van der Waals surface area contributed by atoms with Crippen molar-refractivity contribution >= 4 is 40.6 Å². The molecule has 8 heteroatoms. The summed E-state index contributed by atoms with van der Waals surface area (Å²) in [6, 6.07) is 12.5. The molecule has 0 unspecified atom stereocenters. The number of carbonyl (C=O) groups is 1. The van der Waals surface area contributed by atoms with Crippen molar-refractivity contribution in [3.05, 3.63) is 82.0 Å². The molecule has 3 rings (SSSR count). The van der Waals surface area contributed by atoms with Crippen molar-refractivity contribution in [1.82, 2.24) is 15.3 Å². The number of nitrogens with one attached hydrogen (secondary N) is 2. The maximum atomic E-state index is 12.9. The summed E-state index contributed by atoms with van der Waals surface area (Å²) in [4.78, 5) is 20.3. The van der Waals surface area contributed by atoms with E-state index in [0.717, 1.165) is 5.56 Å². The highest BCUT2D eigenvalue weighted by molar-refractivity contribution is 6.42. The quantitative estimate of drug-likeness (QED) is 0.668. The lowest BCUT2D eigenvalue weighted by Gasteiger charge is -2.08. The molecule has 132 valence electrons. The summed E-state index contributed by atoms with van der Waals surface area (Å²) in [7, 11) is 0. The van der Waals surface area contributed by atoms with Crippen LogP contribution >= 0.6 is 23.2 Å². The summed E-state index contributed by atoms with van der Waals surface area (Å²) in [5, 5.41) is 6.61. The van der Waals surface area contributed by atoms with Crippen molar-refractivity contribution < 1.29 is 9.18 Å². The first-order valence-corrected chi connectivity index (χ1v) is 8.33. The number of anilines is 2. The second kappa shape index (κ2) is 8.12. The van der Waals surface area contributed by atoms with E-state index < -0.39 is 0 Å². The third-order valence-corrected chi connectivity index (χ3v) is 4.20. The van der Waals surface area contributed by atoms with E-state index in [1.165, 1.54) is 24.5 Å². The Hall–Kier alpha value is -2.70. The Labute approximate surface area is 159 Å². The number of rotatable bonds is 5. The number of amides is 1. The number of halogens is 3. The summed E-state index contributed by atoms with van der Waals surface area (Å²) >= 11 is 11.9. The molecular formula is C18H13Cl2FN4O. The molecule has 26 heavy (non-hydrogen) atoms. The number of carbonyl (C=O) groups excluding carboxylic acids is 1. The molecule has 0 aliphatic heterocycles. The van der Waals surface area contributed by atoms with E-state index in [1.807, 2.05) is 0 Å². The standard InChI is InChI=1S/C18H13Cl2FN4O/c19-14-6-5-13(7-15(14)20)25-17-8-16(23-10-24-17)18(26)22-9-11-1-3-12(21)4-2-11/h1-8,10H,9H2,(H,22,26)(H,23,24,25). The molecule has 0 bridgehead atoms. The molecule has 0 aliphatic carbocycles. The number of benzene rings is 2. The van der Waals surface area contributed by atoms with E-state index in [1.54, 1.807) is 30.3 Å². The molecule has 2 aromatic carbocycles. The minimum Gasteiger partial charge on any atom is -0.347 e. The van der Waals surface area contributed by atoms with Gasteiger partial charge in [0.1, 0.15) is 23.7 Å². The zero-order chi connectivity index (χ0) is 18.5. The van der Waals surface area contributed by atoms with Gasteiger partial charge in [-0.05, 0) is 35.9 Å². The van der Waals surface area contributed by atoms with Crippen LogP contribution in [0.3, 0.4) is 0 Å². The smallest absolute Gasteiger partial charge is 0.270 e. The highest BCUT2D eigenvalue weighted by Gasteiger charge is 2.09. The van der Waals surface area contributed by atoms with Crippen LogP contribution in [-0.4, -0.2) is 15.9 Å². The van der Waals surface area contributed by atoms with Crippen LogP contribution in [0.25, 0.3) is 0 Å². The average molecular weight is 391 g/mol. The fraction of sp³-hybridized carbons (Fsp3) is 0.0556. The fourth-order valence-corrected chi connectivity index (χ4v) is 2.44. The minimum atomic E-state index is -0.367. The Bertz CT molecular complexity index is 935. The van der Waals surface area contributed by atoms with Crippen molar-refractivity contribution in [2.45, 2.75) is 6.54 Å². The molecule has 3 aromatic rings. The predicted octanol–water partition coefficient (Wildman–Crippen LogP) is 4.60. The topological polar surface area (TPSA) is 66.9 Å². The van der Waals surface area contributed by atoms with E-state index in [-0.39, 0.29) is 24.0 Å². The number of nitrogens with zero attached hydrogens (tertiary/aromatic N) is 2. The lowest BCUT2D eigenvalue weighted by Crippen LogP contribution is -2.24. The lowest BCUT2D eigenvalue weighted by molar-refractivity contribution is 0.0946. The van der Waals surface area contributed by atoms with Gasteiger partial charge in [-0.2, -0.15) is 0 Å². The molecule has 0 fully saturated rings. The zero-order valence-corrected chi connectivity index (χ0v) is 14.9. The summed E-state index contributed by atoms with van der Waals surface area (Å²) in [6.07, 6.45) is 1.28. The third-order valence-electron chi connectivity index (χ3n) is 3.46. The van der Waals surface area contributed by atoms with Crippen LogP contribution in [-0.2, 0) is 6.54 Å². The van der Waals surface area contributed by atoms with Crippen LogP contribution in [0.1, 0.15) is 16.1 Å².